The van der Waals surface area contributed by atoms with E-state index in [-0.39, 0.29) is 11.3 Å². The molecule has 0 saturated carbocycles. The molecule has 0 spiro atoms. The molecule has 1 amide bonds. The molecule has 0 radical (unpaired) electrons. The maximum Gasteiger partial charge on any atom is 0.292 e. The highest BCUT2D eigenvalue weighted by Gasteiger charge is 2.20. The third kappa shape index (κ3) is 3.35. The van der Waals surface area contributed by atoms with Crippen LogP contribution in [-0.4, -0.2) is 21.4 Å². The van der Waals surface area contributed by atoms with Gasteiger partial charge >= 0.3 is 0 Å². The Bertz CT molecular complexity index is 1010. The molecule has 134 valence electrons. The van der Waals surface area contributed by atoms with Crippen LogP contribution in [0.5, 0.6) is 0 Å². The van der Waals surface area contributed by atoms with Crippen molar-refractivity contribution in [3.05, 3.63) is 64.1 Å². The van der Waals surface area contributed by atoms with Crippen molar-refractivity contribution in [1.29, 1.82) is 0 Å². The molecule has 1 atom stereocenters. The summed E-state index contributed by atoms with van der Waals surface area (Å²) < 4.78 is 1.17. The first-order valence-electron chi connectivity index (χ1n) is 8.54. The number of nitrogens with zero attached hydrogens (tertiary/aromatic N) is 3. The Morgan fingerprint density at radius 1 is 1.35 bits per heavy atom. The summed E-state index contributed by atoms with van der Waals surface area (Å²) in [6, 6.07) is 6.94. The van der Waals surface area contributed by atoms with Crippen LogP contribution in [0.25, 0.3) is 10.8 Å². The lowest BCUT2D eigenvalue weighted by Crippen LogP contribution is -2.28. The normalized spacial score (nSPS) is 18.7. The minimum Gasteiger partial charge on any atom is -0.267 e. The number of amides is 1. The Kier molecular flexibility index (Phi) is 4.84. The predicted octanol–water partition coefficient (Wildman–Crippen LogP) is 2.95. The van der Waals surface area contributed by atoms with E-state index in [4.69, 9.17) is 0 Å². The highest BCUT2D eigenvalue weighted by molar-refractivity contribution is 6.06. The average Bonchev–Trinajstić information content (AvgIpc) is 2.63. The van der Waals surface area contributed by atoms with Gasteiger partial charge in [-0.25, -0.2) is 10.1 Å². The summed E-state index contributed by atoms with van der Waals surface area (Å²) in [4.78, 5) is 24.8. The van der Waals surface area contributed by atoms with Crippen LogP contribution < -0.4 is 11.0 Å². The van der Waals surface area contributed by atoms with E-state index >= 15 is 0 Å². The zero-order valence-electron chi connectivity index (χ0n) is 15.2. The minimum absolute atomic E-state index is 0.181. The summed E-state index contributed by atoms with van der Waals surface area (Å²) in [5, 5.41) is 9.41. The molecule has 0 bridgehead atoms. The molecule has 0 aliphatic heterocycles. The Morgan fingerprint density at radius 3 is 2.73 bits per heavy atom. The molecule has 6 nitrogen and oxygen atoms in total. The molecule has 0 saturated heterocycles. The number of hydrogen-bond donors (Lipinski definition) is 1. The SMILES string of the molecule is C=C(C)[C@@H]1CC=C(C)C(=NNC(=O)c2nn(C)c(=O)c3ccccc23)C1. The number of carbonyl (C=O) groups excluding carboxylic acids is 1. The number of hydrogen-bond acceptors (Lipinski definition) is 4. The van der Waals surface area contributed by atoms with Gasteiger partial charge in [0.15, 0.2) is 5.69 Å². The third-order valence-electron chi connectivity index (χ3n) is 4.76. The first-order chi connectivity index (χ1) is 12.4. The standard InChI is InChI=1S/C20H22N4O2/c1-12(2)14-10-9-13(3)17(11-14)21-22-19(25)18-15-7-5-6-8-16(15)20(26)24(4)23-18/h5-9,14H,1,10-11H2,2-4H3,(H,22,25)/t14-/m1/s1. The first-order valence-corrected chi connectivity index (χ1v) is 8.54. The van der Waals surface area contributed by atoms with Gasteiger partial charge in [-0.3, -0.25) is 9.59 Å². The Labute approximate surface area is 151 Å². The number of carbonyl (C=O) groups is 1. The lowest BCUT2D eigenvalue weighted by atomic mass is 9.85. The molecule has 2 aromatic rings. The molecule has 3 rings (SSSR count). The van der Waals surface area contributed by atoms with Gasteiger partial charge in [-0.05, 0) is 44.2 Å². The molecule has 1 aliphatic carbocycles. The van der Waals surface area contributed by atoms with E-state index in [1.165, 1.54) is 11.7 Å². The quantitative estimate of drug-likeness (QED) is 0.683. The Balaban J connectivity index is 1.92. The Hall–Kier alpha value is -3.02. The van der Waals surface area contributed by atoms with Gasteiger partial charge < -0.3 is 0 Å². The van der Waals surface area contributed by atoms with Crippen molar-refractivity contribution in [2.45, 2.75) is 26.7 Å². The van der Waals surface area contributed by atoms with Crippen LogP contribution in [0.3, 0.4) is 0 Å². The van der Waals surface area contributed by atoms with Crippen molar-refractivity contribution in [1.82, 2.24) is 15.2 Å². The van der Waals surface area contributed by atoms with Crippen molar-refractivity contribution in [3.8, 4) is 0 Å². The fourth-order valence-electron chi connectivity index (χ4n) is 3.06. The Morgan fingerprint density at radius 2 is 2.04 bits per heavy atom. The summed E-state index contributed by atoms with van der Waals surface area (Å²) in [5.41, 5.74) is 5.55. The molecular weight excluding hydrogens is 328 g/mol. The highest BCUT2D eigenvalue weighted by Crippen LogP contribution is 2.26. The van der Waals surface area contributed by atoms with E-state index < -0.39 is 5.91 Å². The van der Waals surface area contributed by atoms with Gasteiger partial charge in [0.2, 0.25) is 0 Å². The smallest absolute Gasteiger partial charge is 0.267 e. The lowest BCUT2D eigenvalue weighted by molar-refractivity contribution is 0.0949. The number of benzene rings is 1. The largest absolute Gasteiger partial charge is 0.292 e. The van der Waals surface area contributed by atoms with Crippen molar-refractivity contribution >= 4 is 22.4 Å². The molecule has 1 N–H and O–H groups in total. The van der Waals surface area contributed by atoms with Crippen molar-refractivity contribution in [3.63, 3.8) is 0 Å². The van der Waals surface area contributed by atoms with E-state index in [9.17, 15) is 9.59 Å². The van der Waals surface area contributed by atoms with Crippen molar-refractivity contribution in [2.75, 3.05) is 0 Å². The zero-order chi connectivity index (χ0) is 18.8. The highest BCUT2D eigenvalue weighted by atomic mass is 16.2. The van der Waals surface area contributed by atoms with E-state index in [0.717, 1.165) is 29.7 Å². The number of aryl methyl sites for hydroxylation is 1. The fraction of sp³-hybridized carbons (Fsp3) is 0.300. The van der Waals surface area contributed by atoms with Gasteiger partial charge in [0.1, 0.15) is 0 Å². The van der Waals surface area contributed by atoms with Gasteiger partial charge in [0, 0.05) is 12.4 Å². The number of fused-ring (bicyclic) bond motifs is 1. The van der Waals surface area contributed by atoms with Gasteiger partial charge in [0.05, 0.1) is 11.1 Å². The van der Waals surface area contributed by atoms with Crippen LogP contribution in [0.15, 0.2) is 58.0 Å². The lowest BCUT2D eigenvalue weighted by Gasteiger charge is -2.22. The molecule has 0 unspecified atom stereocenters. The molecule has 1 heterocycles. The third-order valence-corrected chi connectivity index (χ3v) is 4.76. The average molecular weight is 350 g/mol. The maximum atomic E-state index is 12.7. The van der Waals surface area contributed by atoms with E-state index in [0.29, 0.717) is 16.7 Å². The topological polar surface area (TPSA) is 76.3 Å². The van der Waals surface area contributed by atoms with E-state index in [2.05, 4.69) is 28.3 Å². The van der Waals surface area contributed by atoms with Gasteiger partial charge in [-0.1, -0.05) is 36.4 Å². The second kappa shape index (κ2) is 7.07. The maximum absolute atomic E-state index is 12.7. The van der Waals surface area contributed by atoms with Crippen LogP contribution >= 0.6 is 0 Å². The summed E-state index contributed by atoms with van der Waals surface area (Å²) in [6.45, 7) is 8.01. The molecular formula is C20H22N4O2. The second-order valence-electron chi connectivity index (χ2n) is 6.69. The van der Waals surface area contributed by atoms with Gasteiger partial charge in [0.25, 0.3) is 11.5 Å². The molecule has 1 aliphatic rings. The number of hydrazone groups is 1. The molecule has 26 heavy (non-hydrogen) atoms. The number of allylic oxidation sites excluding steroid dienone is 3. The van der Waals surface area contributed by atoms with Gasteiger partial charge in [-0.2, -0.15) is 10.2 Å². The van der Waals surface area contributed by atoms with Crippen LogP contribution in [0, 0.1) is 5.92 Å². The van der Waals surface area contributed by atoms with Crippen LogP contribution in [0.1, 0.15) is 37.2 Å². The molecule has 0 fully saturated rings. The summed E-state index contributed by atoms with van der Waals surface area (Å²) >= 11 is 0. The zero-order valence-corrected chi connectivity index (χ0v) is 15.2. The van der Waals surface area contributed by atoms with Gasteiger partial charge in [-0.15, -0.1) is 0 Å². The van der Waals surface area contributed by atoms with Crippen LogP contribution in [0.4, 0.5) is 0 Å². The van der Waals surface area contributed by atoms with Crippen LogP contribution in [0.2, 0.25) is 0 Å². The van der Waals surface area contributed by atoms with E-state index in [1.54, 1.807) is 24.3 Å². The second-order valence-corrected chi connectivity index (χ2v) is 6.69. The minimum atomic E-state index is -0.436. The van der Waals surface area contributed by atoms with Crippen molar-refractivity contribution in [2.24, 2.45) is 18.1 Å². The fourth-order valence-corrected chi connectivity index (χ4v) is 3.06. The van der Waals surface area contributed by atoms with E-state index in [1.807, 2.05) is 13.8 Å². The summed E-state index contributed by atoms with van der Waals surface area (Å²) in [6.07, 6.45) is 3.81. The first kappa shape index (κ1) is 17.8. The monoisotopic (exact) mass is 350 g/mol. The number of nitrogens with one attached hydrogen (secondary N) is 1. The molecule has 1 aromatic carbocycles. The summed E-state index contributed by atoms with van der Waals surface area (Å²) in [5.74, 6) is -0.0968. The number of aromatic nitrogens is 2. The molecule has 1 aromatic heterocycles. The predicted molar refractivity (Wildman–Crippen MR) is 103 cm³/mol. The van der Waals surface area contributed by atoms with Crippen molar-refractivity contribution < 1.29 is 4.79 Å². The molecule has 6 heteroatoms. The number of rotatable bonds is 3. The summed E-state index contributed by atoms with van der Waals surface area (Å²) in [7, 11) is 1.53. The van der Waals surface area contributed by atoms with Crippen LogP contribution in [-0.2, 0) is 7.05 Å².